The highest BCUT2D eigenvalue weighted by Gasteiger charge is 2.40. The van der Waals surface area contributed by atoms with Crippen LogP contribution < -0.4 is 5.32 Å². The summed E-state index contributed by atoms with van der Waals surface area (Å²) in [4.78, 5) is 39.5. The lowest BCUT2D eigenvalue weighted by atomic mass is 9.75. The number of thioether (sulfide) groups is 1. The fourth-order valence-electron chi connectivity index (χ4n) is 4.19. The van der Waals surface area contributed by atoms with Gasteiger partial charge in [-0.05, 0) is 65.9 Å². The van der Waals surface area contributed by atoms with E-state index in [0.29, 0.717) is 22.7 Å². The van der Waals surface area contributed by atoms with Crippen molar-refractivity contribution in [1.82, 2.24) is 4.90 Å². The highest BCUT2D eigenvalue weighted by molar-refractivity contribution is 8.18. The molecular formula is C25H26N2O3S. The molecule has 0 bridgehead atoms. The van der Waals surface area contributed by atoms with Crippen molar-refractivity contribution in [2.75, 3.05) is 11.9 Å². The van der Waals surface area contributed by atoms with Gasteiger partial charge in [-0.15, -0.1) is 0 Å². The summed E-state index contributed by atoms with van der Waals surface area (Å²) in [5.74, 6) is -0.381. The lowest BCUT2D eigenvalue weighted by molar-refractivity contribution is -0.124. The van der Waals surface area contributed by atoms with Gasteiger partial charge in [0.15, 0.2) is 0 Å². The van der Waals surface area contributed by atoms with Crippen molar-refractivity contribution in [1.29, 1.82) is 0 Å². The molecule has 3 amide bonds. The molecule has 1 saturated carbocycles. The third-order valence-corrected chi connectivity index (χ3v) is 6.88. The molecular weight excluding hydrogens is 408 g/mol. The summed E-state index contributed by atoms with van der Waals surface area (Å²) >= 11 is 1.00. The van der Waals surface area contributed by atoms with Gasteiger partial charge in [-0.1, -0.05) is 56.5 Å². The van der Waals surface area contributed by atoms with E-state index in [-0.39, 0.29) is 22.5 Å². The van der Waals surface area contributed by atoms with Crippen LogP contribution in [0.5, 0.6) is 0 Å². The Hall–Kier alpha value is -2.86. The fourth-order valence-corrected chi connectivity index (χ4v) is 5.03. The van der Waals surface area contributed by atoms with E-state index in [0.717, 1.165) is 43.0 Å². The normalized spacial score (nSPS) is 19.6. The monoisotopic (exact) mass is 434 g/mol. The number of hydrogen-bond donors (Lipinski definition) is 1. The first-order chi connectivity index (χ1) is 14.9. The van der Waals surface area contributed by atoms with Crippen molar-refractivity contribution in [2.24, 2.45) is 5.41 Å². The average molecular weight is 435 g/mol. The maximum atomic E-state index is 12.9. The second kappa shape index (κ2) is 9.10. The van der Waals surface area contributed by atoms with E-state index in [1.807, 2.05) is 30.3 Å². The van der Waals surface area contributed by atoms with Crippen molar-refractivity contribution >= 4 is 40.6 Å². The fraction of sp³-hybridized carbons (Fsp3) is 0.320. The molecule has 6 heteroatoms. The molecule has 0 unspecified atom stereocenters. The van der Waals surface area contributed by atoms with Crippen LogP contribution in [0.3, 0.4) is 0 Å². The van der Waals surface area contributed by atoms with Crippen molar-refractivity contribution in [2.45, 2.75) is 39.0 Å². The predicted octanol–water partition coefficient (Wildman–Crippen LogP) is 5.95. The van der Waals surface area contributed by atoms with Gasteiger partial charge in [0.25, 0.3) is 17.1 Å². The third kappa shape index (κ3) is 5.07. The summed E-state index contributed by atoms with van der Waals surface area (Å²) in [7, 11) is 0. The molecule has 160 valence electrons. The van der Waals surface area contributed by atoms with E-state index < -0.39 is 0 Å². The van der Waals surface area contributed by atoms with Gasteiger partial charge >= 0.3 is 0 Å². The maximum Gasteiger partial charge on any atom is 0.293 e. The molecule has 0 radical (unpaired) electrons. The molecule has 0 atom stereocenters. The summed E-state index contributed by atoms with van der Waals surface area (Å²) in [6, 6.07) is 16.3. The van der Waals surface area contributed by atoms with Gasteiger partial charge in [0.2, 0.25) is 0 Å². The van der Waals surface area contributed by atoms with E-state index >= 15 is 0 Å². The molecule has 1 heterocycles. The molecule has 2 fully saturated rings. The second-order valence-corrected chi connectivity index (χ2v) is 9.57. The Bertz CT molecular complexity index is 1010. The van der Waals surface area contributed by atoms with E-state index in [1.54, 1.807) is 30.3 Å². The molecule has 2 aromatic rings. The standard InChI is InChI=1S/C25H26N2O3S/c1-25(14-6-3-7-15-25)17-27-23(29)21(31-24(27)30)16-18-10-12-20(13-11-18)26-22(28)19-8-4-2-5-9-19/h2,4-5,8-13,16H,3,6-7,14-15,17H2,1H3,(H,26,28). The Morgan fingerprint density at radius 2 is 1.71 bits per heavy atom. The van der Waals surface area contributed by atoms with Crippen LogP contribution in [0.25, 0.3) is 6.08 Å². The second-order valence-electron chi connectivity index (χ2n) is 8.58. The van der Waals surface area contributed by atoms with Crippen LogP contribution in [-0.4, -0.2) is 28.5 Å². The van der Waals surface area contributed by atoms with Crippen molar-refractivity contribution in [3.8, 4) is 0 Å². The lowest BCUT2D eigenvalue weighted by Gasteiger charge is -2.35. The van der Waals surface area contributed by atoms with Crippen LogP contribution in [0.4, 0.5) is 10.5 Å². The van der Waals surface area contributed by atoms with Gasteiger partial charge in [0.1, 0.15) is 0 Å². The molecule has 1 aliphatic heterocycles. The van der Waals surface area contributed by atoms with Crippen molar-refractivity contribution in [3.05, 3.63) is 70.6 Å². The van der Waals surface area contributed by atoms with Crippen LogP contribution in [0.15, 0.2) is 59.5 Å². The van der Waals surface area contributed by atoms with Gasteiger partial charge < -0.3 is 5.32 Å². The van der Waals surface area contributed by atoms with E-state index in [1.165, 1.54) is 11.3 Å². The van der Waals surface area contributed by atoms with Gasteiger partial charge in [-0.3, -0.25) is 19.3 Å². The number of nitrogens with one attached hydrogen (secondary N) is 1. The smallest absolute Gasteiger partial charge is 0.293 e. The molecule has 1 saturated heterocycles. The molecule has 1 N–H and O–H groups in total. The molecule has 2 aliphatic rings. The molecule has 2 aromatic carbocycles. The largest absolute Gasteiger partial charge is 0.322 e. The Morgan fingerprint density at radius 3 is 2.39 bits per heavy atom. The number of carbonyl (C=O) groups is 3. The van der Waals surface area contributed by atoms with Crippen LogP contribution in [0.1, 0.15) is 54.9 Å². The third-order valence-electron chi connectivity index (χ3n) is 5.98. The van der Waals surface area contributed by atoms with Crippen molar-refractivity contribution in [3.63, 3.8) is 0 Å². The number of anilines is 1. The van der Waals surface area contributed by atoms with Gasteiger partial charge in [-0.2, -0.15) is 0 Å². The number of carbonyl (C=O) groups excluding carboxylic acids is 3. The minimum atomic E-state index is -0.205. The maximum absolute atomic E-state index is 12.9. The van der Waals surface area contributed by atoms with Crippen LogP contribution >= 0.6 is 11.8 Å². The number of amides is 3. The Morgan fingerprint density at radius 1 is 1.03 bits per heavy atom. The first-order valence-electron chi connectivity index (χ1n) is 10.7. The molecule has 0 spiro atoms. The molecule has 4 rings (SSSR count). The van der Waals surface area contributed by atoms with Crippen LogP contribution in [0.2, 0.25) is 0 Å². The topological polar surface area (TPSA) is 66.5 Å². The Balaban J connectivity index is 1.42. The summed E-state index contributed by atoms with van der Waals surface area (Å²) in [6.45, 7) is 2.68. The highest BCUT2D eigenvalue weighted by atomic mass is 32.2. The summed E-state index contributed by atoms with van der Waals surface area (Å²) < 4.78 is 0. The van der Waals surface area contributed by atoms with Crippen LogP contribution in [-0.2, 0) is 4.79 Å². The van der Waals surface area contributed by atoms with Crippen LogP contribution in [0, 0.1) is 5.41 Å². The predicted molar refractivity (Wildman–Crippen MR) is 125 cm³/mol. The van der Waals surface area contributed by atoms with E-state index in [9.17, 15) is 14.4 Å². The molecule has 0 aromatic heterocycles. The minimum absolute atomic E-state index is 0.0260. The zero-order chi connectivity index (χ0) is 21.8. The van der Waals surface area contributed by atoms with E-state index in [2.05, 4.69) is 12.2 Å². The number of benzene rings is 2. The Labute approximate surface area is 186 Å². The average Bonchev–Trinajstić information content (AvgIpc) is 3.03. The lowest BCUT2D eigenvalue weighted by Crippen LogP contribution is -2.39. The number of imide groups is 1. The first kappa shape index (κ1) is 21.4. The zero-order valence-corrected chi connectivity index (χ0v) is 18.4. The Kier molecular flexibility index (Phi) is 6.28. The number of hydrogen-bond acceptors (Lipinski definition) is 4. The summed E-state index contributed by atoms with van der Waals surface area (Å²) in [5.41, 5.74) is 2.10. The van der Waals surface area contributed by atoms with Gasteiger partial charge in [-0.25, -0.2) is 0 Å². The van der Waals surface area contributed by atoms with Gasteiger partial charge in [0.05, 0.1) is 4.91 Å². The highest BCUT2D eigenvalue weighted by Crippen LogP contribution is 2.40. The summed E-state index contributed by atoms with van der Waals surface area (Å²) in [6.07, 6.45) is 7.43. The number of nitrogens with zero attached hydrogens (tertiary/aromatic N) is 1. The summed E-state index contributed by atoms with van der Waals surface area (Å²) in [5, 5.41) is 2.67. The minimum Gasteiger partial charge on any atom is -0.322 e. The van der Waals surface area contributed by atoms with Gasteiger partial charge in [0, 0.05) is 17.8 Å². The van der Waals surface area contributed by atoms with E-state index in [4.69, 9.17) is 0 Å². The molecule has 31 heavy (non-hydrogen) atoms. The molecule has 1 aliphatic carbocycles. The quantitative estimate of drug-likeness (QED) is 0.591. The molecule has 5 nitrogen and oxygen atoms in total. The first-order valence-corrected chi connectivity index (χ1v) is 11.5. The SMILES string of the molecule is CC1(CN2C(=O)SC(=Cc3ccc(NC(=O)c4ccccc4)cc3)C2=O)CCCCC1. The zero-order valence-electron chi connectivity index (χ0n) is 17.6. The van der Waals surface area contributed by atoms with Crippen molar-refractivity contribution < 1.29 is 14.4 Å². The number of rotatable bonds is 5.